The summed E-state index contributed by atoms with van der Waals surface area (Å²) in [6.07, 6.45) is 0. The molecule has 0 spiro atoms. The van der Waals surface area contributed by atoms with E-state index in [9.17, 15) is 9.59 Å². The summed E-state index contributed by atoms with van der Waals surface area (Å²) in [7, 11) is 0. The molecule has 112 valence electrons. The normalized spacial score (nSPS) is 13.6. The molecule has 2 aromatic carbocycles. The lowest BCUT2D eigenvalue weighted by molar-refractivity contribution is -0.123. The van der Waals surface area contributed by atoms with Crippen molar-refractivity contribution in [3.8, 4) is 0 Å². The van der Waals surface area contributed by atoms with Gasteiger partial charge in [-0.15, -0.1) is 11.8 Å². The number of fused-ring (bicyclic) bond motifs is 1. The maximum Gasteiger partial charge on any atom is 0.240 e. The molecule has 0 aliphatic carbocycles. The molecule has 1 N–H and O–H groups in total. The number of nitrogens with one attached hydrogen (secondary N) is 1. The van der Waals surface area contributed by atoms with Crippen LogP contribution in [0.2, 0.25) is 0 Å². The number of para-hydroxylation sites is 1. The summed E-state index contributed by atoms with van der Waals surface area (Å²) in [5.41, 5.74) is 1.86. The lowest BCUT2D eigenvalue weighted by atomic mass is 10.2. The number of benzene rings is 2. The molecule has 0 saturated carbocycles. The van der Waals surface area contributed by atoms with E-state index >= 15 is 0 Å². The zero-order valence-electron chi connectivity index (χ0n) is 12.0. The predicted molar refractivity (Wildman–Crippen MR) is 87.8 cm³/mol. The quantitative estimate of drug-likeness (QED) is 0.943. The molecule has 2 aromatic rings. The van der Waals surface area contributed by atoms with Crippen LogP contribution in [0.1, 0.15) is 5.56 Å². The van der Waals surface area contributed by atoms with Gasteiger partial charge >= 0.3 is 0 Å². The second-order valence-electron chi connectivity index (χ2n) is 5.00. The molecule has 0 atom stereocenters. The van der Waals surface area contributed by atoms with Crippen molar-refractivity contribution in [1.82, 2.24) is 5.32 Å². The molecular formula is C17H16N2O2S. The average Bonchev–Trinajstić information content (AvgIpc) is 2.56. The molecular weight excluding hydrogens is 296 g/mol. The molecule has 0 saturated heterocycles. The molecule has 4 nitrogen and oxygen atoms in total. The second kappa shape index (κ2) is 6.66. The smallest absolute Gasteiger partial charge is 0.240 e. The molecule has 0 radical (unpaired) electrons. The lowest BCUT2D eigenvalue weighted by Crippen LogP contribution is -2.43. The van der Waals surface area contributed by atoms with Crippen molar-refractivity contribution in [2.45, 2.75) is 11.4 Å². The summed E-state index contributed by atoms with van der Waals surface area (Å²) in [6, 6.07) is 17.4. The van der Waals surface area contributed by atoms with Crippen LogP contribution in [0.25, 0.3) is 0 Å². The standard InChI is InChI=1S/C17H16N2O2S/c20-16(18-10-13-6-2-1-3-7-13)11-19-14-8-4-5-9-15(14)22-12-17(19)21/h1-9H,10-12H2,(H,18,20). The van der Waals surface area contributed by atoms with Gasteiger partial charge in [-0.1, -0.05) is 42.5 Å². The van der Waals surface area contributed by atoms with E-state index in [0.29, 0.717) is 12.3 Å². The second-order valence-corrected chi connectivity index (χ2v) is 6.02. The van der Waals surface area contributed by atoms with E-state index in [1.165, 1.54) is 11.8 Å². The van der Waals surface area contributed by atoms with Gasteiger partial charge in [-0.2, -0.15) is 0 Å². The number of thioether (sulfide) groups is 1. The van der Waals surface area contributed by atoms with Crippen LogP contribution in [0.3, 0.4) is 0 Å². The van der Waals surface area contributed by atoms with Crippen LogP contribution in [0, 0.1) is 0 Å². The van der Waals surface area contributed by atoms with E-state index in [1.54, 1.807) is 4.90 Å². The average molecular weight is 312 g/mol. The Balaban J connectivity index is 1.65. The summed E-state index contributed by atoms with van der Waals surface area (Å²) in [4.78, 5) is 26.8. The Kier molecular flexibility index (Phi) is 4.44. The number of rotatable bonds is 4. The van der Waals surface area contributed by atoms with Crippen LogP contribution in [-0.2, 0) is 16.1 Å². The molecule has 1 aliphatic rings. The first-order valence-corrected chi connectivity index (χ1v) is 8.05. The number of carbonyl (C=O) groups excluding carboxylic acids is 2. The van der Waals surface area contributed by atoms with Crippen LogP contribution in [0.4, 0.5) is 5.69 Å². The zero-order chi connectivity index (χ0) is 15.4. The van der Waals surface area contributed by atoms with E-state index in [2.05, 4.69) is 5.32 Å². The van der Waals surface area contributed by atoms with Gasteiger partial charge in [0.15, 0.2) is 0 Å². The topological polar surface area (TPSA) is 49.4 Å². The highest BCUT2D eigenvalue weighted by atomic mass is 32.2. The minimum atomic E-state index is -0.154. The molecule has 0 aromatic heterocycles. The minimum Gasteiger partial charge on any atom is -0.350 e. The molecule has 1 aliphatic heterocycles. The monoisotopic (exact) mass is 312 g/mol. The molecule has 0 fully saturated rings. The fourth-order valence-corrected chi connectivity index (χ4v) is 3.26. The zero-order valence-corrected chi connectivity index (χ0v) is 12.8. The summed E-state index contributed by atoms with van der Waals surface area (Å²) in [5.74, 6) is 0.195. The summed E-state index contributed by atoms with van der Waals surface area (Å²) < 4.78 is 0. The van der Waals surface area contributed by atoms with Gasteiger partial charge < -0.3 is 10.2 Å². The highest BCUT2D eigenvalue weighted by Gasteiger charge is 2.25. The number of anilines is 1. The number of hydrogen-bond donors (Lipinski definition) is 1. The third-order valence-corrected chi connectivity index (χ3v) is 4.49. The number of nitrogens with zero attached hydrogens (tertiary/aromatic N) is 1. The molecule has 0 unspecified atom stereocenters. The van der Waals surface area contributed by atoms with Crippen molar-refractivity contribution < 1.29 is 9.59 Å². The lowest BCUT2D eigenvalue weighted by Gasteiger charge is -2.28. The first-order valence-electron chi connectivity index (χ1n) is 7.07. The first kappa shape index (κ1) is 14.7. The third-order valence-electron chi connectivity index (χ3n) is 3.44. The minimum absolute atomic E-state index is 0.0291. The van der Waals surface area contributed by atoms with E-state index in [4.69, 9.17) is 0 Å². The Morgan fingerprint density at radius 1 is 1.09 bits per heavy atom. The fourth-order valence-electron chi connectivity index (χ4n) is 2.32. The van der Waals surface area contributed by atoms with Gasteiger partial charge in [-0.3, -0.25) is 9.59 Å². The molecule has 1 heterocycles. The van der Waals surface area contributed by atoms with Gasteiger partial charge in [0.05, 0.1) is 11.4 Å². The number of amides is 2. The Morgan fingerprint density at radius 2 is 1.82 bits per heavy atom. The highest BCUT2D eigenvalue weighted by Crippen LogP contribution is 2.34. The molecule has 22 heavy (non-hydrogen) atoms. The van der Waals surface area contributed by atoms with E-state index in [1.807, 2.05) is 54.6 Å². The van der Waals surface area contributed by atoms with Gasteiger partial charge in [0.1, 0.15) is 6.54 Å². The Labute approximate surface area is 133 Å². The van der Waals surface area contributed by atoms with E-state index in [0.717, 1.165) is 16.1 Å². The van der Waals surface area contributed by atoms with Crippen molar-refractivity contribution in [3.63, 3.8) is 0 Å². The highest BCUT2D eigenvalue weighted by molar-refractivity contribution is 8.00. The molecule has 0 bridgehead atoms. The maximum atomic E-state index is 12.1. The van der Waals surface area contributed by atoms with Gasteiger partial charge in [0, 0.05) is 11.4 Å². The van der Waals surface area contributed by atoms with Crippen molar-refractivity contribution in [3.05, 3.63) is 60.2 Å². The summed E-state index contributed by atoms with van der Waals surface area (Å²) >= 11 is 1.51. The first-order chi connectivity index (χ1) is 10.7. The SMILES string of the molecule is O=C(CN1C(=O)CSc2ccccc21)NCc1ccccc1. The number of hydrogen-bond acceptors (Lipinski definition) is 3. The summed E-state index contributed by atoms with van der Waals surface area (Å²) in [6.45, 7) is 0.529. The van der Waals surface area contributed by atoms with Crippen molar-refractivity contribution in [2.75, 3.05) is 17.2 Å². The Hall–Kier alpha value is -2.27. The van der Waals surface area contributed by atoms with Gasteiger partial charge in [0.2, 0.25) is 11.8 Å². The van der Waals surface area contributed by atoms with Gasteiger partial charge in [-0.05, 0) is 17.7 Å². The van der Waals surface area contributed by atoms with E-state index < -0.39 is 0 Å². The fraction of sp³-hybridized carbons (Fsp3) is 0.176. The predicted octanol–water partition coefficient (Wildman–Crippen LogP) is 2.44. The Bertz CT molecular complexity index is 688. The van der Waals surface area contributed by atoms with Crippen molar-refractivity contribution >= 4 is 29.3 Å². The molecule has 2 amide bonds. The van der Waals surface area contributed by atoms with Crippen LogP contribution in [-0.4, -0.2) is 24.1 Å². The van der Waals surface area contributed by atoms with E-state index in [-0.39, 0.29) is 18.4 Å². The van der Waals surface area contributed by atoms with Crippen molar-refractivity contribution in [1.29, 1.82) is 0 Å². The maximum absolute atomic E-state index is 12.1. The third kappa shape index (κ3) is 3.31. The molecule has 5 heteroatoms. The van der Waals surface area contributed by atoms with Crippen molar-refractivity contribution in [2.24, 2.45) is 0 Å². The van der Waals surface area contributed by atoms with Gasteiger partial charge in [0.25, 0.3) is 0 Å². The van der Waals surface area contributed by atoms with Crippen LogP contribution >= 0.6 is 11.8 Å². The largest absolute Gasteiger partial charge is 0.350 e. The Morgan fingerprint density at radius 3 is 2.64 bits per heavy atom. The molecule has 3 rings (SSSR count). The van der Waals surface area contributed by atoms with Gasteiger partial charge in [-0.25, -0.2) is 0 Å². The summed E-state index contributed by atoms with van der Waals surface area (Å²) in [5, 5.41) is 2.86. The van der Waals surface area contributed by atoms with Crippen LogP contribution < -0.4 is 10.2 Å². The van der Waals surface area contributed by atoms with Crippen LogP contribution in [0.5, 0.6) is 0 Å². The number of carbonyl (C=O) groups is 2. The van der Waals surface area contributed by atoms with Crippen LogP contribution in [0.15, 0.2) is 59.5 Å².